The highest BCUT2D eigenvalue weighted by molar-refractivity contribution is 6.03. The molecule has 0 heterocycles. The van der Waals surface area contributed by atoms with E-state index >= 15 is 0 Å². The average Bonchev–Trinajstić information content (AvgIpc) is 2.46. The highest BCUT2D eigenvalue weighted by Crippen LogP contribution is 2.44. The number of benzene rings is 1. The Labute approximate surface area is 123 Å². The molecule has 0 atom stereocenters. The Morgan fingerprint density at radius 1 is 0.950 bits per heavy atom. The summed E-state index contributed by atoms with van der Waals surface area (Å²) in [5.74, 6) is 0.315. The Bertz CT molecular complexity index is 563. The fraction of sp³-hybridized carbons (Fsp3) is 0.632. The molecule has 0 saturated carbocycles. The van der Waals surface area contributed by atoms with Crippen molar-refractivity contribution in [2.24, 2.45) is 0 Å². The Kier molecular flexibility index (Phi) is 3.20. The molecule has 1 aromatic rings. The van der Waals surface area contributed by atoms with Crippen LogP contribution in [0.2, 0.25) is 0 Å². The quantitative estimate of drug-likeness (QED) is 0.638. The summed E-state index contributed by atoms with van der Waals surface area (Å²) in [6.45, 7) is 17.7. The number of Topliss-reactive ketones (excluding diaryl/α,β-unsaturated/α-hetero) is 1. The van der Waals surface area contributed by atoms with Crippen molar-refractivity contribution in [3.63, 3.8) is 0 Å². The van der Waals surface area contributed by atoms with E-state index < -0.39 is 0 Å². The number of carbonyl (C=O) groups is 1. The molecule has 0 bridgehead atoms. The lowest BCUT2D eigenvalue weighted by Crippen LogP contribution is -2.21. The lowest BCUT2D eigenvalue weighted by molar-refractivity contribution is 0.0977. The summed E-state index contributed by atoms with van der Waals surface area (Å²) in [7, 11) is 0. The van der Waals surface area contributed by atoms with Crippen LogP contribution >= 0.6 is 0 Å². The summed E-state index contributed by atoms with van der Waals surface area (Å²) < 4.78 is 0. The molecule has 1 aliphatic rings. The van der Waals surface area contributed by atoms with Crippen molar-refractivity contribution >= 4 is 5.78 Å². The molecule has 0 fully saturated rings. The van der Waals surface area contributed by atoms with Crippen molar-refractivity contribution < 1.29 is 4.79 Å². The smallest absolute Gasteiger partial charge is 0.164 e. The molecular weight excluding hydrogens is 244 g/mol. The molecule has 110 valence electrons. The van der Waals surface area contributed by atoms with Crippen LogP contribution in [0.5, 0.6) is 0 Å². The average molecular weight is 272 g/mol. The van der Waals surface area contributed by atoms with Crippen LogP contribution in [0.3, 0.4) is 0 Å². The van der Waals surface area contributed by atoms with E-state index in [-0.39, 0.29) is 16.2 Å². The minimum atomic E-state index is -0.0341. The first-order chi connectivity index (χ1) is 8.84. The van der Waals surface area contributed by atoms with Crippen molar-refractivity contribution in [1.29, 1.82) is 0 Å². The minimum absolute atomic E-state index is 0.00141. The molecule has 0 radical (unpaired) electrons. The maximum atomic E-state index is 12.5. The van der Waals surface area contributed by atoms with Crippen LogP contribution in [0.25, 0.3) is 0 Å². The standard InChI is InChI=1S/C19H28O/c1-17(2,3)12-9-13(18(4,5)6)16-14(10-12)19(7,8)11-15(16)20/h9-10H,11H2,1-8H3. The Balaban J connectivity index is 2.83. The van der Waals surface area contributed by atoms with Crippen LogP contribution in [0, 0.1) is 0 Å². The van der Waals surface area contributed by atoms with Gasteiger partial charge in [0.25, 0.3) is 0 Å². The summed E-state index contributed by atoms with van der Waals surface area (Å²) in [4.78, 5) is 12.5. The summed E-state index contributed by atoms with van der Waals surface area (Å²) in [6, 6.07) is 4.54. The fourth-order valence-corrected chi connectivity index (χ4v) is 3.09. The van der Waals surface area contributed by atoms with Crippen LogP contribution < -0.4 is 0 Å². The zero-order chi connectivity index (χ0) is 15.5. The fourth-order valence-electron chi connectivity index (χ4n) is 3.09. The molecule has 0 saturated heterocycles. The van der Waals surface area contributed by atoms with Crippen LogP contribution in [0.15, 0.2) is 12.1 Å². The largest absolute Gasteiger partial charge is 0.294 e. The molecule has 2 rings (SSSR count). The Hall–Kier alpha value is -1.11. The monoisotopic (exact) mass is 272 g/mol. The number of hydrogen-bond acceptors (Lipinski definition) is 1. The van der Waals surface area contributed by atoms with Gasteiger partial charge < -0.3 is 0 Å². The van der Waals surface area contributed by atoms with E-state index in [0.29, 0.717) is 12.2 Å². The maximum Gasteiger partial charge on any atom is 0.164 e. The molecule has 0 N–H and O–H groups in total. The van der Waals surface area contributed by atoms with Crippen molar-refractivity contribution in [2.75, 3.05) is 0 Å². The van der Waals surface area contributed by atoms with Gasteiger partial charge in [-0.1, -0.05) is 67.5 Å². The van der Waals surface area contributed by atoms with Gasteiger partial charge in [0.15, 0.2) is 5.78 Å². The highest BCUT2D eigenvalue weighted by Gasteiger charge is 2.40. The third-order valence-electron chi connectivity index (χ3n) is 4.42. The van der Waals surface area contributed by atoms with Gasteiger partial charge in [-0.2, -0.15) is 0 Å². The lowest BCUT2D eigenvalue weighted by Gasteiger charge is -2.29. The molecular formula is C19H28O. The summed E-state index contributed by atoms with van der Waals surface area (Å²) in [5, 5.41) is 0. The number of rotatable bonds is 0. The van der Waals surface area contributed by atoms with Crippen LogP contribution in [0.1, 0.15) is 88.9 Å². The van der Waals surface area contributed by atoms with E-state index in [4.69, 9.17) is 0 Å². The summed E-state index contributed by atoms with van der Waals surface area (Å²) >= 11 is 0. The second-order valence-corrected chi connectivity index (χ2v) is 8.93. The van der Waals surface area contributed by atoms with Crippen molar-refractivity contribution in [3.8, 4) is 0 Å². The zero-order valence-electron chi connectivity index (χ0n) is 14.3. The van der Waals surface area contributed by atoms with Crippen molar-refractivity contribution in [3.05, 3.63) is 34.4 Å². The van der Waals surface area contributed by atoms with Crippen LogP contribution in [0.4, 0.5) is 0 Å². The molecule has 1 aliphatic carbocycles. The number of ketones is 1. The van der Waals surface area contributed by atoms with Crippen LogP contribution in [-0.2, 0) is 16.2 Å². The van der Waals surface area contributed by atoms with Crippen molar-refractivity contribution in [2.45, 2.75) is 78.1 Å². The molecule has 0 aromatic heterocycles. The van der Waals surface area contributed by atoms with Gasteiger partial charge in [-0.15, -0.1) is 0 Å². The van der Waals surface area contributed by atoms with E-state index in [0.717, 1.165) is 5.56 Å². The maximum absolute atomic E-state index is 12.5. The van der Waals surface area contributed by atoms with Gasteiger partial charge in [0.1, 0.15) is 0 Å². The van der Waals surface area contributed by atoms with Gasteiger partial charge >= 0.3 is 0 Å². The third-order valence-corrected chi connectivity index (χ3v) is 4.42. The van der Waals surface area contributed by atoms with E-state index in [1.807, 2.05) is 0 Å². The second-order valence-electron chi connectivity index (χ2n) is 8.93. The zero-order valence-corrected chi connectivity index (χ0v) is 14.3. The lowest BCUT2D eigenvalue weighted by atomic mass is 9.75. The van der Waals surface area contributed by atoms with E-state index in [9.17, 15) is 4.79 Å². The molecule has 1 aromatic carbocycles. The van der Waals surface area contributed by atoms with Gasteiger partial charge in [0.05, 0.1) is 0 Å². The Morgan fingerprint density at radius 2 is 1.50 bits per heavy atom. The van der Waals surface area contributed by atoms with Gasteiger partial charge in [-0.3, -0.25) is 4.79 Å². The topological polar surface area (TPSA) is 17.1 Å². The van der Waals surface area contributed by atoms with E-state index in [2.05, 4.69) is 67.5 Å². The molecule has 0 aliphatic heterocycles. The Morgan fingerprint density at radius 3 is 1.95 bits per heavy atom. The first-order valence-corrected chi connectivity index (χ1v) is 7.57. The highest BCUT2D eigenvalue weighted by atomic mass is 16.1. The third kappa shape index (κ3) is 2.43. The van der Waals surface area contributed by atoms with E-state index in [1.165, 1.54) is 16.7 Å². The van der Waals surface area contributed by atoms with Gasteiger partial charge in [-0.05, 0) is 32.9 Å². The minimum Gasteiger partial charge on any atom is -0.294 e. The second kappa shape index (κ2) is 4.19. The van der Waals surface area contributed by atoms with Crippen LogP contribution in [-0.4, -0.2) is 5.78 Å². The van der Waals surface area contributed by atoms with Crippen molar-refractivity contribution in [1.82, 2.24) is 0 Å². The van der Waals surface area contributed by atoms with Gasteiger partial charge in [0.2, 0.25) is 0 Å². The number of hydrogen-bond donors (Lipinski definition) is 0. The molecule has 1 heteroatoms. The van der Waals surface area contributed by atoms with Gasteiger partial charge in [-0.25, -0.2) is 0 Å². The SMILES string of the molecule is CC(C)(C)c1cc(C(C)(C)C)c2c(c1)C(C)(C)CC2=O. The molecule has 20 heavy (non-hydrogen) atoms. The summed E-state index contributed by atoms with van der Waals surface area (Å²) in [6.07, 6.45) is 0.638. The predicted molar refractivity (Wildman–Crippen MR) is 85.8 cm³/mol. The van der Waals surface area contributed by atoms with Gasteiger partial charge in [0, 0.05) is 12.0 Å². The number of fused-ring (bicyclic) bond motifs is 1. The van der Waals surface area contributed by atoms with E-state index in [1.54, 1.807) is 0 Å². The number of carbonyl (C=O) groups excluding carboxylic acids is 1. The molecule has 0 amide bonds. The molecule has 0 unspecified atom stereocenters. The first-order valence-electron chi connectivity index (χ1n) is 7.57. The normalized spacial score (nSPS) is 18.3. The molecule has 0 spiro atoms. The predicted octanol–water partition coefficient (Wildman–Crippen LogP) is 5.15. The molecule has 1 nitrogen and oxygen atoms in total. The summed E-state index contributed by atoms with van der Waals surface area (Å²) in [5.41, 5.74) is 4.88. The first kappa shape index (κ1) is 15.3.